The monoisotopic (exact) mass is 286 g/mol. The number of alkyl halides is 2. The van der Waals surface area contributed by atoms with Crippen LogP contribution in [0.3, 0.4) is 0 Å². The van der Waals surface area contributed by atoms with Gasteiger partial charge in [0.1, 0.15) is 6.61 Å². The number of aliphatic hydroxyl groups is 1. The number of halogens is 2. The van der Waals surface area contributed by atoms with E-state index in [-0.39, 0.29) is 11.5 Å². The summed E-state index contributed by atoms with van der Waals surface area (Å²) >= 11 is 0. The van der Waals surface area contributed by atoms with Gasteiger partial charge < -0.3 is 15.3 Å². The Kier molecular flexibility index (Phi) is 5.15. The number of anilines is 1. The molecule has 0 unspecified atom stereocenters. The van der Waals surface area contributed by atoms with Gasteiger partial charge in [0.05, 0.1) is 17.8 Å². The number of nitrogens with one attached hydrogen (secondary N) is 1. The first-order valence-corrected chi connectivity index (χ1v) is 5.88. The highest BCUT2D eigenvalue weighted by Crippen LogP contribution is 2.19. The van der Waals surface area contributed by atoms with E-state index in [0.717, 1.165) is 0 Å². The maximum Gasteiger partial charge on any atom is 0.287 e. The van der Waals surface area contributed by atoms with Crippen LogP contribution < -0.4 is 10.2 Å². The largest absolute Gasteiger partial charge is 0.390 e. The van der Waals surface area contributed by atoms with E-state index < -0.39 is 25.0 Å². The zero-order valence-corrected chi connectivity index (χ0v) is 11.2. The summed E-state index contributed by atoms with van der Waals surface area (Å²) < 4.78 is 25.8. The fourth-order valence-corrected chi connectivity index (χ4v) is 1.49. The van der Waals surface area contributed by atoms with Crippen molar-refractivity contribution >= 4 is 17.5 Å². The Labute approximate surface area is 115 Å². The van der Waals surface area contributed by atoms with Crippen LogP contribution in [0.25, 0.3) is 0 Å². The van der Waals surface area contributed by atoms with Crippen LogP contribution >= 0.6 is 0 Å². The van der Waals surface area contributed by atoms with E-state index in [4.69, 9.17) is 5.11 Å². The first kappa shape index (κ1) is 16.0. The minimum Gasteiger partial charge on any atom is -0.390 e. The van der Waals surface area contributed by atoms with E-state index >= 15 is 0 Å². The number of nitrogens with zero attached hydrogens (tertiary/aromatic N) is 1. The first-order valence-electron chi connectivity index (χ1n) is 5.88. The molecule has 7 heteroatoms. The third-order valence-corrected chi connectivity index (χ3v) is 2.72. The number of carbonyl (C=O) groups is 2. The summed E-state index contributed by atoms with van der Waals surface area (Å²) in [4.78, 5) is 24.5. The third kappa shape index (κ3) is 3.99. The summed E-state index contributed by atoms with van der Waals surface area (Å²) in [5, 5.41) is 10.5. The lowest BCUT2D eigenvalue weighted by molar-refractivity contribution is -0.116. The predicted molar refractivity (Wildman–Crippen MR) is 69.9 cm³/mol. The van der Waals surface area contributed by atoms with Gasteiger partial charge in [-0.2, -0.15) is 0 Å². The van der Waals surface area contributed by atoms with Crippen molar-refractivity contribution in [1.82, 2.24) is 5.32 Å². The zero-order valence-electron chi connectivity index (χ0n) is 11.2. The highest BCUT2D eigenvalue weighted by atomic mass is 19.3. The molecule has 0 aliphatic carbocycles. The van der Waals surface area contributed by atoms with Gasteiger partial charge in [-0.3, -0.25) is 9.59 Å². The first-order chi connectivity index (χ1) is 9.28. The van der Waals surface area contributed by atoms with E-state index in [2.05, 4.69) is 0 Å². The summed E-state index contributed by atoms with van der Waals surface area (Å²) in [5.41, 5.74) is 0.434. The Hall–Kier alpha value is -2.02. The smallest absolute Gasteiger partial charge is 0.287 e. The maximum atomic E-state index is 12.9. The van der Waals surface area contributed by atoms with E-state index in [1.54, 1.807) is 18.2 Å². The molecule has 2 amide bonds. The molecule has 0 saturated heterocycles. The van der Waals surface area contributed by atoms with Crippen LogP contribution in [-0.4, -0.2) is 43.0 Å². The topological polar surface area (TPSA) is 69.6 Å². The van der Waals surface area contributed by atoms with Gasteiger partial charge in [0, 0.05) is 14.0 Å². The fraction of sp³-hybridized carbons (Fsp3) is 0.385. The van der Waals surface area contributed by atoms with Crippen molar-refractivity contribution < 1.29 is 23.5 Å². The number of carbonyl (C=O) groups excluding carboxylic acids is 2. The quantitative estimate of drug-likeness (QED) is 0.849. The molecule has 5 nitrogen and oxygen atoms in total. The molecule has 0 bridgehead atoms. The summed E-state index contributed by atoms with van der Waals surface area (Å²) in [6.45, 7) is -0.989. The molecule has 0 aromatic heterocycles. The van der Waals surface area contributed by atoms with Gasteiger partial charge in [-0.25, -0.2) is 8.78 Å². The molecule has 1 aromatic carbocycles. The Bertz CT molecular complexity index is 506. The molecule has 0 aliphatic heterocycles. The molecule has 2 N–H and O–H groups in total. The Balaban J connectivity index is 2.91. The van der Waals surface area contributed by atoms with Gasteiger partial charge in [0.2, 0.25) is 5.91 Å². The van der Waals surface area contributed by atoms with E-state index in [1.807, 2.05) is 5.32 Å². The van der Waals surface area contributed by atoms with Crippen molar-refractivity contribution in [3.8, 4) is 0 Å². The van der Waals surface area contributed by atoms with Crippen molar-refractivity contribution in [2.24, 2.45) is 0 Å². The van der Waals surface area contributed by atoms with Crippen LogP contribution in [0.5, 0.6) is 0 Å². The molecule has 0 atom stereocenters. The average molecular weight is 286 g/mol. The van der Waals surface area contributed by atoms with Gasteiger partial charge in [-0.1, -0.05) is 12.1 Å². The highest BCUT2D eigenvalue weighted by molar-refractivity contribution is 6.04. The Morgan fingerprint density at radius 1 is 1.35 bits per heavy atom. The Morgan fingerprint density at radius 3 is 2.50 bits per heavy atom. The number of aliphatic hydroxyl groups excluding tert-OH is 1. The predicted octanol–water partition coefficient (Wildman–Crippen LogP) is 1.03. The van der Waals surface area contributed by atoms with E-state index in [0.29, 0.717) is 5.69 Å². The zero-order chi connectivity index (χ0) is 15.3. The van der Waals surface area contributed by atoms with Crippen LogP contribution in [-0.2, 0) is 4.79 Å². The van der Waals surface area contributed by atoms with Crippen LogP contribution in [0.2, 0.25) is 0 Å². The second-order valence-electron chi connectivity index (χ2n) is 4.29. The van der Waals surface area contributed by atoms with Crippen molar-refractivity contribution in [2.45, 2.75) is 12.8 Å². The van der Waals surface area contributed by atoms with Crippen molar-refractivity contribution in [3.05, 3.63) is 29.8 Å². The summed E-state index contributed by atoms with van der Waals surface area (Å²) in [6, 6.07) is 6.17. The summed E-state index contributed by atoms with van der Waals surface area (Å²) in [6.07, 6.45) is 0. The normalized spacial score (nSPS) is 11.1. The number of rotatable bonds is 5. The third-order valence-electron chi connectivity index (χ3n) is 2.72. The van der Waals surface area contributed by atoms with Gasteiger partial charge in [0.15, 0.2) is 0 Å². The molecule has 0 saturated carbocycles. The maximum absolute atomic E-state index is 12.9. The summed E-state index contributed by atoms with van der Waals surface area (Å²) in [7, 11) is 1.48. The Morgan fingerprint density at radius 2 is 1.95 bits per heavy atom. The van der Waals surface area contributed by atoms with Crippen LogP contribution in [0.4, 0.5) is 14.5 Å². The lowest BCUT2D eigenvalue weighted by atomic mass is 10.1. The lowest BCUT2D eigenvalue weighted by Gasteiger charge is -2.19. The van der Waals surface area contributed by atoms with Crippen molar-refractivity contribution in [3.63, 3.8) is 0 Å². The van der Waals surface area contributed by atoms with Crippen LogP contribution in [0, 0.1) is 0 Å². The van der Waals surface area contributed by atoms with Crippen LogP contribution in [0.15, 0.2) is 24.3 Å². The number of para-hydroxylation sites is 1. The molecule has 20 heavy (non-hydrogen) atoms. The van der Waals surface area contributed by atoms with Crippen molar-refractivity contribution in [2.75, 3.05) is 25.1 Å². The van der Waals surface area contributed by atoms with Gasteiger partial charge in [0.25, 0.3) is 11.8 Å². The molecule has 0 aliphatic rings. The minimum absolute atomic E-state index is 0.110. The molecule has 1 rings (SSSR count). The van der Waals surface area contributed by atoms with Crippen molar-refractivity contribution in [1.29, 1.82) is 0 Å². The second kappa shape index (κ2) is 6.42. The second-order valence-corrected chi connectivity index (χ2v) is 4.29. The van der Waals surface area contributed by atoms with Gasteiger partial charge in [-0.15, -0.1) is 0 Å². The molecular formula is C13H16F2N2O3. The van der Waals surface area contributed by atoms with Crippen LogP contribution in [0.1, 0.15) is 17.3 Å². The SMILES string of the molecule is CC(=O)N(C)c1ccccc1C(=O)NCC(F)(F)CO. The number of benzene rings is 1. The molecular weight excluding hydrogens is 270 g/mol. The molecule has 0 heterocycles. The van der Waals surface area contributed by atoms with E-state index in [9.17, 15) is 18.4 Å². The minimum atomic E-state index is -3.38. The van der Waals surface area contributed by atoms with E-state index in [1.165, 1.54) is 24.9 Å². The highest BCUT2D eigenvalue weighted by Gasteiger charge is 2.29. The molecule has 0 fully saturated rings. The standard InChI is InChI=1S/C13H16F2N2O3/c1-9(19)17(2)11-6-4-3-5-10(11)12(20)16-7-13(14,15)8-18/h3-6,18H,7-8H2,1-2H3,(H,16,20). The number of hydrogen-bond acceptors (Lipinski definition) is 3. The average Bonchev–Trinajstić information content (AvgIpc) is 2.44. The fourth-order valence-electron chi connectivity index (χ4n) is 1.49. The number of amides is 2. The number of hydrogen-bond donors (Lipinski definition) is 2. The molecule has 1 aromatic rings. The van der Waals surface area contributed by atoms with Gasteiger partial charge in [-0.05, 0) is 12.1 Å². The molecule has 0 spiro atoms. The van der Waals surface area contributed by atoms with Gasteiger partial charge >= 0.3 is 0 Å². The summed E-state index contributed by atoms with van der Waals surface area (Å²) in [5.74, 6) is -4.40. The lowest BCUT2D eigenvalue weighted by Crippen LogP contribution is -2.39. The molecule has 110 valence electrons. The molecule has 0 radical (unpaired) electrons.